The molecule has 0 aliphatic rings. The molecule has 0 aromatic heterocycles. The zero-order chi connectivity index (χ0) is 14.6. The maximum atomic E-state index is 12.4. The number of nitrogens with zero attached hydrogens (tertiary/aromatic N) is 1. The lowest BCUT2D eigenvalue weighted by molar-refractivity contribution is 0.153. The summed E-state index contributed by atoms with van der Waals surface area (Å²) >= 11 is 0. The molecule has 0 spiro atoms. The van der Waals surface area contributed by atoms with Gasteiger partial charge in [-0.05, 0) is 18.2 Å². The molecule has 108 valence electrons. The number of nitrogen functional groups attached to an aromatic ring is 1. The average molecular weight is 294 g/mol. The van der Waals surface area contributed by atoms with Gasteiger partial charge in [-0.2, -0.15) is 0 Å². The highest BCUT2D eigenvalue weighted by Gasteiger charge is 2.16. The molecular weight excluding hydrogens is 278 g/mol. The Hall–Kier alpha value is -1.41. The van der Waals surface area contributed by atoms with Gasteiger partial charge in [-0.15, -0.1) is 0 Å². The molecule has 3 N–H and O–H groups in total. The van der Waals surface area contributed by atoms with Crippen molar-refractivity contribution in [2.45, 2.75) is 11.3 Å². The number of aliphatic hydroxyl groups is 1. The van der Waals surface area contributed by atoms with Crippen LogP contribution in [0.4, 0.5) is 20.2 Å². The van der Waals surface area contributed by atoms with E-state index in [9.17, 15) is 17.2 Å². The molecule has 5 nitrogen and oxygen atoms in total. The summed E-state index contributed by atoms with van der Waals surface area (Å²) in [7, 11) is -3.40. The smallest absolute Gasteiger partial charge is 0.255 e. The van der Waals surface area contributed by atoms with Gasteiger partial charge in [0.15, 0.2) is 9.84 Å². The van der Waals surface area contributed by atoms with Crippen molar-refractivity contribution in [1.82, 2.24) is 0 Å². The molecule has 0 fully saturated rings. The lowest BCUT2D eigenvalue weighted by Gasteiger charge is -2.25. The predicted octanol–water partition coefficient (Wildman–Crippen LogP) is 0.736. The minimum Gasteiger partial charge on any atom is -0.397 e. The molecule has 8 heteroatoms. The van der Waals surface area contributed by atoms with Crippen LogP contribution in [0.3, 0.4) is 0 Å². The molecular formula is C11H16F2N2O3S. The van der Waals surface area contributed by atoms with E-state index in [-0.39, 0.29) is 29.4 Å². The lowest BCUT2D eigenvalue weighted by atomic mass is 10.2. The zero-order valence-electron chi connectivity index (χ0n) is 10.4. The van der Waals surface area contributed by atoms with Crippen LogP contribution in [0.15, 0.2) is 23.1 Å². The summed E-state index contributed by atoms with van der Waals surface area (Å²) in [6, 6.07) is 3.89. The minimum atomic E-state index is -3.40. The quantitative estimate of drug-likeness (QED) is 0.756. The van der Waals surface area contributed by atoms with E-state index in [1.165, 1.54) is 23.1 Å². The summed E-state index contributed by atoms with van der Waals surface area (Å²) < 4.78 is 47.5. The number of alkyl halides is 2. The fourth-order valence-corrected chi connectivity index (χ4v) is 2.30. The van der Waals surface area contributed by atoms with E-state index < -0.39 is 22.8 Å². The molecule has 0 unspecified atom stereocenters. The van der Waals surface area contributed by atoms with E-state index in [4.69, 9.17) is 10.8 Å². The summed E-state index contributed by atoms with van der Waals surface area (Å²) in [5.74, 6) is 0. The van der Waals surface area contributed by atoms with E-state index in [1.54, 1.807) is 0 Å². The minimum absolute atomic E-state index is 0.00718. The SMILES string of the molecule is CS(=O)(=O)c1ccc(N(CCO)CC(F)F)c(N)c1. The largest absolute Gasteiger partial charge is 0.397 e. The number of rotatable bonds is 6. The van der Waals surface area contributed by atoms with Crippen molar-refractivity contribution < 1.29 is 22.3 Å². The molecule has 0 saturated carbocycles. The Morgan fingerprint density at radius 2 is 2.05 bits per heavy atom. The van der Waals surface area contributed by atoms with Gasteiger partial charge in [0.1, 0.15) is 0 Å². The van der Waals surface area contributed by atoms with Crippen LogP contribution in [0.1, 0.15) is 0 Å². The zero-order valence-corrected chi connectivity index (χ0v) is 11.2. The average Bonchev–Trinajstić information content (AvgIpc) is 2.26. The number of hydrogen-bond acceptors (Lipinski definition) is 5. The van der Waals surface area contributed by atoms with Crippen LogP contribution < -0.4 is 10.6 Å². The molecule has 0 amide bonds. The Kier molecular flexibility index (Phi) is 5.07. The molecule has 19 heavy (non-hydrogen) atoms. The van der Waals surface area contributed by atoms with Crippen LogP contribution in [-0.2, 0) is 9.84 Å². The van der Waals surface area contributed by atoms with Gasteiger partial charge in [0.25, 0.3) is 6.43 Å². The second-order valence-corrected chi connectivity index (χ2v) is 6.07. The van der Waals surface area contributed by atoms with Crippen molar-refractivity contribution in [3.63, 3.8) is 0 Å². The first-order valence-corrected chi connectivity index (χ1v) is 7.38. The topological polar surface area (TPSA) is 83.6 Å². The van der Waals surface area contributed by atoms with Crippen LogP contribution in [0, 0.1) is 0 Å². The van der Waals surface area contributed by atoms with E-state index in [1.807, 2.05) is 0 Å². The standard InChI is InChI=1S/C11H16F2N2O3S/c1-19(17,18)8-2-3-10(9(14)6-8)15(4-5-16)7-11(12)13/h2-3,6,11,16H,4-5,7,14H2,1H3. The van der Waals surface area contributed by atoms with Gasteiger partial charge >= 0.3 is 0 Å². The number of anilines is 2. The van der Waals surface area contributed by atoms with Gasteiger partial charge in [0.2, 0.25) is 0 Å². The van der Waals surface area contributed by atoms with E-state index >= 15 is 0 Å². The van der Waals surface area contributed by atoms with E-state index in [2.05, 4.69) is 0 Å². The number of hydrogen-bond donors (Lipinski definition) is 2. The van der Waals surface area contributed by atoms with Crippen LogP contribution in [-0.4, -0.2) is 45.9 Å². The monoisotopic (exact) mass is 294 g/mol. The van der Waals surface area contributed by atoms with Gasteiger partial charge in [-0.3, -0.25) is 0 Å². The summed E-state index contributed by atoms with van der Waals surface area (Å²) in [5, 5.41) is 8.86. The summed E-state index contributed by atoms with van der Waals surface area (Å²) in [4.78, 5) is 1.24. The maximum Gasteiger partial charge on any atom is 0.255 e. The first-order valence-electron chi connectivity index (χ1n) is 5.49. The third kappa shape index (κ3) is 4.32. The molecule has 1 aromatic rings. The third-order valence-corrected chi connectivity index (χ3v) is 3.61. The second-order valence-electron chi connectivity index (χ2n) is 4.05. The third-order valence-electron chi connectivity index (χ3n) is 2.50. The Bertz CT molecular complexity index is 535. The Labute approximate surface area is 110 Å². The second kappa shape index (κ2) is 6.16. The number of sulfone groups is 1. The number of nitrogens with two attached hydrogens (primary N) is 1. The van der Waals surface area contributed by atoms with Gasteiger partial charge in [0.05, 0.1) is 29.4 Å². The van der Waals surface area contributed by atoms with E-state index in [0.717, 1.165) is 6.26 Å². The molecule has 0 radical (unpaired) electrons. The fraction of sp³-hybridized carbons (Fsp3) is 0.455. The summed E-state index contributed by atoms with van der Waals surface area (Å²) in [6.45, 7) is -0.893. The van der Waals surface area contributed by atoms with E-state index in [0.29, 0.717) is 0 Å². The number of halogens is 2. The first-order chi connectivity index (χ1) is 8.75. The van der Waals surface area contributed by atoms with Crippen molar-refractivity contribution in [2.75, 3.05) is 36.6 Å². The van der Waals surface area contributed by atoms with Crippen LogP contribution >= 0.6 is 0 Å². The Morgan fingerprint density at radius 1 is 1.42 bits per heavy atom. The van der Waals surface area contributed by atoms with Crippen molar-refractivity contribution in [3.05, 3.63) is 18.2 Å². The number of benzene rings is 1. The normalized spacial score (nSPS) is 11.8. The van der Waals surface area contributed by atoms with Crippen LogP contribution in [0.5, 0.6) is 0 Å². The predicted molar refractivity (Wildman–Crippen MR) is 69.3 cm³/mol. The molecule has 0 aliphatic heterocycles. The number of aliphatic hydroxyl groups excluding tert-OH is 1. The van der Waals surface area contributed by atoms with Crippen LogP contribution in [0.2, 0.25) is 0 Å². The molecule has 0 bridgehead atoms. The fourth-order valence-electron chi connectivity index (χ4n) is 1.65. The lowest BCUT2D eigenvalue weighted by Crippen LogP contribution is -2.32. The van der Waals surface area contributed by atoms with Crippen molar-refractivity contribution in [1.29, 1.82) is 0 Å². The highest BCUT2D eigenvalue weighted by Crippen LogP contribution is 2.26. The van der Waals surface area contributed by atoms with Crippen molar-refractivity contribution in [3.8, 4) is 0 Å². The van der Waals surface area contributed by atoms with Crippen LogP contribution in [0.25, 0.3) is 0 Å². The molecule has 1 rings (SSSR count). The maximum absolute atomic E-state index is 12.4. The Balaban J connectivity index is 3.11. The highest BCUT2D eigenvalue weighted by atomic mass is 32.2. The molecule has 0 atom stereocenters. The van der Waals surface area contributed by atoms with Gasteiger partial charge < -0.3 is 15.7 Å². The van der Waals surface area contributed by atoms with Crippen molar-refractivity contribution >= 4 is 21.2 Å². The van der Waals surface area contributed by atoms with Crippen molar-refractivity contribution in [2.24, 2.45) is 0 Å². The highest BCUT2D eigenvalue weighted by molar-refractivity contribution is 7.90. The molecule has 1 aromatic carbocycles. The summed E-state index contributed by atoms with van der Waals surface area (Å²) in [6.07, 6.45) is -1.55. The summed E-state index contributed by atoms with van der Waals surface area (Å²) in [5.41, 5.74) is 6.05. The van der Waals surface area contributed by atoms with Gasteiger partial charge in [-0.25, -0.2) is 17.2 Å². The molecule has 0 heterocycles. The molecule has 0 saturated heterocycles. The van der Waals surface area contributed by atoms with Gasteiger partial charge in [-0.1, -0.05) is 0 Å². The first kappa shape index (κ1) is 15.6. The van der Waals surface area contributed by atoms with Gasteiger partial charge in [0, 0.05) is 12.8 Å². The Morgan fingerprint density at radius 3 is 2.47 bits per heavy atom. The molecule has 0 aliphatic carbocycles.